The zero-order valence-electron chi connectivity index (χ0n) is 15.5. The van der Waals surface area contributed by atoms with Crippen LogP contribution in [-0.4, -0.2) is 31.9 Å². The summed E-state index contributed by atoms with van der Waals surface area (Å²) in [6.45, 7) is 1.56. The Hall–Kier alpha value is -2.90. The van der Waals surface area contributed by atoms with Gasteiger partial charge in [-0.05, 0) is 25.1 Å². The molecule has 3 rings (SSSR count). The zero-order chi connectivity index (χ0) is 22.2. The SMILES string of the molecule is Cc1ccc(N=Nc2ccc3c(S(=O)(=O)O)cc(S(=O)O)c(N)c3c2O)c(CO)c1. The molecular weight excluding hydrogens is 434 g/mol. The van der Waals surface area contributed by atoms with Gasteiger partial charge in [-0.2, -0.15) is 13.5 Å². The van der Waals surface area contributed by atoms with Crippen molar-refractivity contribution in [2.75, 3.05) is 5.73 Å². The minimum atomic E-state index is -4.79. The van der Waals surface area contributed by atoms with Crippen molar-refractivity contribution in [3.05, 3.63) is 47.5 Å². The topological polar surface area (TPSA) is 183 Å². The molecule has 0 fully saturated rings. The van der Waals surface area contributed by atoms with Gasteiger partial charge in [0.25, 0.3) is 10.1 Å². The second kappa shape index (κ2) is 8.08. The Kier molecular flexibility index (Phi) is 5.87. The minimum Gasteiger partial charge on any atom is -0.505 e. The number of azo groups is 1. The number of benzene rings is 3. The van der Waals surface area contributed by atoms with Gasteiger partial charge >= 0.3 is 0 Å². The Morgan fingerprint density at radius 2 is 1.73 bits per heavy atom. The lowest BCUT2D eigenvalue weighted by Crippen LogP contribution is -2.05. The van der Waals surface area contributed by atoms with Crippen LogP contribution in [-0.2, 0) is 27.8 Å². The van der Waals surface area contributed by atoms with Crippen molar-refractivity contribution in [1.29, 1.82) is 0 Å². The summed E-state index contributed by atoms with van der Waals surface area (Å²) in [4.78, 5) is -1.19. The maximum Gasteiger partial charge on any atom is 0.295 e. The van der Waals surface area contributed by atoms with Gasteiger partial charge in [0.1, 0.15) is 10.6 Å². The average Bonchev–Trinajstić information content (AvgIpc) is 2.66. The number of aliphatic hydroxyl groups is 1. The monoisotopic (exact) mass is 451 g/mol. The molecule has 158 valence electrons. The lowest BCUT2D eigenvalue weighted by molar-refractivity contribution is 0.282. The van der Waals surface area contributed by atoms with E-state index in [0.717, 1.165) is 11.6 Å². The fraction of sp³-hybridized carbons (Fsp3) is 0.111. The number of hydrogen-bond donors (Lipinski definition) is 5. The molecule has 0 spiro atoms. The van der Waals surface area contributed by atoms with Crippen LogP contribution in [0, 0.1) is 6.92 Å². The lowest BCUT2D eigenvalue weighted by Gasteiger charge is -2.12. The van der Waals surface area contributed by atoms with E-state index in [9.17, 15) is 31.9 Å². The van der Waals surface area contributed by atoms with Crippen molar-refractivity contribution in [3.8, 4) is 5.75 Å². The number of anilines is 1. The van der Waals surface area contributed by atoms with Crippen LogP contribution in [0.1, 0.15) is 11.1 Å². The molecule has 0 radical (unpaired) electrons. The van der Waals surface area contributed by atoms with Crippen molar-refractivity contribution < 1.29 is 31.9 Å². The van der Waals surface area contributed by atoms with Crippen molar-refractivity contribution in [2.45, 2.75) is 23.3 Å². The van der Waals surface area contributed by atoms with E-state index >= 15 is 0 Å². The van der Waals surface area contributed by atoms with Crippen LogP contribution in [0.15, 0.2) is 56.4 Å². The highest BCUT2D eigenvalue weighted by Gasteiger charge is 2.24. The normalized spacial score (nSPS) is 13.2. The van der Waals surface area contributed by atoms with Crippen LogP contribution in [0.25, 0.3) is 10.8 Å². The first-order chi connectivity index (χ1) is 14.0. The molecule has 0 saturated heterocycles. The molecule has 0 saturated carbocycles. The van der Waals surface area contributed by atoms with Gasteiger partial charge in [-0.25, -0.2) is 4.21 Å². The van der Waals surface area contributed by atoms with Gasteiger partial charge in [0.05, 0.1) is 28.3 Å². The number of aromatic hydroxyl groups is 1. The van der Waals surface area contributed by atoms with E-state index in [1.165, 1.54) is 12.1 Å². The van der Waals surface area contributed by atoms with Crippen molar-refractivity contribution in [2.24, 2.45) is 10.2 Å². The molecule has 0 aromatic heterocycles. The number of nitrogens with two attached hydrogens (primary N) is 1. The first-order valence-electron chi connectivity index (χ1n) is 8.33. The highest BCUT2D eigenvalue weighted by molar-refractivity contribution is 7.86. The Labute approximate surface area is 173 Å². The molecule has 0 bridgehead atoms. The smallest absolute Gasteiger partial charge is 0.295 e. The van der Waals surface area contributed by atoms with Crippen LogP contribution in [0.3, 0.4) is 0 Å². The van der Waals surface area contributed by atoms with Gasteiger partial charge in [0, 0.05) is 10.9 Å². The molecule has 0 aliphatic heterocycles. The summed E-state index contributed by atoms with van der Waals surface area (Å²) in [5.74, 6) is -0.594. The third kappa shape index (κ3) is 4.04. The highest BCUT2D eigenvalue weighted by Crippen LogP contribution is 2.43. The molecule has 0 aliphatic rings. The number of aliphatic hydroxyl groups excluding tert-OH is 1. The third-order valence-corrected chi connectivity index (χ3v) is 5.96. The quantitative estimate of drug-likeness (QED) is 0.169. The fourth-order valence-electron chi connectivity index (χ4n) is 2.94. The highest BCUT2D eigenvalue weighted by atomic mass is 32.2. The predicted octanol–water partition coefficient (Wildman–Crippen LogP) is 3.17. The first-order valence-corrected chi connectivity index (χ1v) is 10.9. The Morgan fingerprint density at radius 3 is 2.33 bits per heavy atom. The molecule has 3 aromatic carbocycles. The number of aryl methyl sites for hydroxylation is 1. The summed E-state index contributed by atoms with van der Waals surface area (Å²) in [6, 6.07) is 8.34. The summed E-state index contributed by atoms with van der Waals surface area (Å²) < 4.78 is 53.9. The molecule has 1 atom stereocenters. The number of hydrogen-bond acceptors (Lipinski definition) is 8. The van der Waals surface area contributed by atoms with Gasteiger partial charge in [-0.1, -0.05) is 23.8 Å². The maximum atomic E-state index is 11.7. The van der Waals surface area contributed by atoms with Gasteiger partial charge < -0.3 is 20.5 Å². The molecule has 0 amide bonds. The van der Waals surface area contributed by atoms with Crippen LogP contribution >= 0.6 is 0 Å². The van der Waals surface area contributed by atoms with Gasteiger partial charge in [0.15, 0.2) is 16.8 Å². The van der Waals surface area contributed by atoms with Crippen LogP contribution < -0.4 is 5.73 Å². The van der Waals surface area contributed by atoms with E-state index in [2.05, 4.69) is 10.2 Å². The van der Waals surface area contributed by atoms with E-state index in [4.69, 9.17) is 5.73 Å². The van der Waals surface area contributed by atoms with Crippen LogP contribution in [0.5, 0.6) is 5.75 Å². The summed E-state index contributed by atoms with van der Waals surface area (Å²) in [5, 5.41) is 27.6. The molecule has 3 aromatic rings. The van der Waals surface area contributed by atoms with E-state index in [1.54, 1.807) is 18.2 Å². The molecule has 0 heterocycles. The lowest BCUT2D eigenvalue weighted by atomic mass is 10.1. The standard InChI is InChI=1S/C18H17N3O7S2/c1-9-2-4-12(10(6-9)8-22)20-21-13-5-3-11-15(30(26,27)28)7-14(29(24)25)17(19)16(11)18(13)23/h2-7,22-23H,8,19H2,1H3,(H,24,25)(H,26,27,28). The Bertz CT molecular complexity index is 1320. The van der Waals surface area contributed by atoms with E-state index < -0.39 is 36.7 Å². The zero-order valence-corrected chi connectivity index (χ0v) is 17.1. The van der Waals surface area contributed by atoms with E-state index in [1.807, 2.05) is 6.92 Å². The van der Waals surface area contributed by atoms with Crippen LogP contribution in [0.4, 0.5) is 17.1 Å². The van der Waals surface area contributed by atoms with Gasteiger partial charge in [-0.3, -0.25) is 4.55 Å². The molecule has 0 aliphatic carbocycles. The Morgan fingerprint density at radius 1 is 1.10 bits per heavy atom. The minimum absolute atomic E-state index is 0.110. The number of rotatable bonds is 5. The maximum absolute atomic E-state index is 11.7. The second-order valence-corrected chi connectivity index (χ2v) is 8.68. The summed E-state index contributed by atoms with van der Waals surface area (Å²) in [6.07, 6.45) is 0. The molecule has 10 nitrogen and oxygen atoms in total. The number of nitrogens with zero attached hydrogens (tertiary/aromatic N) is 2. The van der Waals surface area contributed by atoms with Gasteiger partial charge in [0.2, 0.25) is 0 Å². The first kappa shape index (κ1) is 21.8. The average molecular weight is 451 g/mol. The van der Waals surface area contributed by atoms with Crippen molar-refractivity contribution in [3.63, 3.8) is 0 Å². The molecular formula is C18H17N3O7S2. The van der Waals surface area contributed by atoms with E-state index in [-0.39, 0.29) is 28.8 Å². The number of phenols is 1. The molecule has 30 heavy (non-hydrogen) atoms. The molecule has 1 unspecified atom stereocenters. The Balaban J connectivity index is 2.26. The molecule has 6 N–H and O–H groups in total. The summed E-state index contributed by atoms with van der Waals surface area (Å²) in [7, 11) is -4.79. The van der Waals surface area contributed by atoms with Crippen molar-refractivity contribution in [1.82, 2.24) is 0 Å². The number of phenolic OH excluding ortho intramolecular Hbond substituents is 1. The number of nitrogen functional groups attached to an aromatic ring is 1. The summed E-state index contributed by atoms with van der Waals surface area (Å²) >= 11 is -2.69. The fourth-order valence-corrected chi connectivity index (χ4v) is 4.24. The third-order valence-electron chi connectivity index (χ3n) is 4.36. The second-order valence-electron chi connectivity index (χ2n) is 6.36. The van der Waals surface area contributed by atoms with E-state index in [0.29, 0.717) is 11.3 Å². The number of fused-ring (bicyclic) bond motifs is 1. The predicted molar refractivity (Wildman–Crippen MR) is 110 cm³/mol. The van der Waals surface area contributed by atoms with Gasteiger partial charge in [-0.15, -0.1) is 5.11 Å². The van der Waals surface area contributed by atoms with Crippen molar-refractivity contribution >= 4 is 49.0 Å². The van der Waals surface area contributed by atoms with Crippen LogP contribution in [0.2, 0.25) is 0 Å². The molecule has 12 heteroatoms. The summed E-state index contributed by atoms with van der Waals surface area (Å²) in [5.41, 5.74) is 7.17. The largest absolute Gasteiger partial charge is 0.505 e.